The van der Waals surface area contributed by atoms with Crippen molar-refractivity contribution in [2.24, 2.45) is 0 Å². The van der Waals surface area contributed by atoms with E-state index in [1.807, 2.05) is 78.9 Å². The summed E-state index contributed by atoms with van der Waals surface area (Å²) in [4.78, 5) is 14.2. The van der Waals surface area contributed by atoms with Crippen LogP contribution in [0.15, 0.2) is 108 Å². The maximum Gasteiger partial charge on any atom is 0.252 e. The van der Waals surface area contributed by atoms with Gasteiger partial charge < -0.3 is 5.32 Å². The zero-order valence-corrected chi connectivity index (χ0v) is 19.4. The Morgan fingerprint density at radius 2 is 1.44 bits per heavy atom. The van der Waals surface area contributed by atoms with Crippen LogP contribution < -0.4 is 5.32 Å². The van der Waals surface area contributed by atoms with Gasteiger partial charge in [0.15, 0.2) is 0 Å². The minimum atomic E-state index is -0.204. The first-order valence-electron chi connectivity index (χ1n) is 10.5. The third-order valence-corrected chi connectivity index (χ3v) is 6.59. The van der Waals surface area contributed by atoms with E-state index < -0.39 is 0 Å². The second-order valence-corrected chi connectivity index (χ2v) is 9.15. The molecule has 1 amide bonds. The largest absolute Gasteiger partial charge is 0.341 e. The summed E-state index contributed by atoms with van der Waals surface area (Å²) < 4.78 is 0. The molecule has 1 N–H and O–H groups in total. The summed E-state index contributed by atoms with van der Waals surface area (Å²) in [6, 6.07) is 33.8. The van der Waals surface area contributed by atoms with E-state index in [0.717, 1.165) is 21.9 Å². The van der Waals surface area contributed by atoms with Crippen LogP contribution in [0.2, 0.25) is 5.02 Å². The number of thioether (sulfide) groups is 1. The van der Waals surface area contributed by atoms with E-state index in [-0.39, 0.29) is 11.9 Å². The molecule has 1 atom stereocenters. The summed E-state index contributed by atoms with van der Waals surface area (Å²) in [5.74, 6) is 0.746. The van der Waals surface area contributed by atoms with Gasteiger partial charge in [-0.15, -0.1) is 11.8 Å². The van der Waals surface area contributed by atoms with Crippen LogP contribution in [0.4, 0.5) is 0 Å². The van der Waals surface area contributed by atoms with Gasteiger partial charge in [-0.2, -0.15) is 0 Å². The molecule has 4 aromatic rings. The molecular weight excluding hydrogens is 434 g/mol. The fourth-order valence-electron chi connectivity index (χ4n) is 3.43. The number of carbonyl (C=O) groups is 1. The summed E-state index contributed by atoms with van der Waals surface area (Å²) in [6.45, 7) is 2.06. The maximum atomic E-state index is 13.1. The van der Waals surface area contributed by atoms with E-state index in [1.165, 1.54) is 16.0 Å². The lowest BCUT2D eigenvalue weighted by Crippen LogP contribution is -2.29. The van der Waals surface area contributed by atoms with Crippen molar-refractivity contribution in [2.45, 2.75) is 23.6 Å². The predicted molar refractivity (Wildman–Crippen MR) is 134 cm³/mol. The molecule has 0 aromatic heterocycles. The fourth-order valence-corrected chi connectivity index (χ4v) is 4.41. The lowest BCUT2D eigenvalue weighted by Gasteiger charge is -2.20. The van der Waals surface area contributed by atoms with E-state index in [0.29, 0.717) is 5.56 Å². The fraction of sp³-hybridized carbons (Fsp3) is 0.107. The first-order chi connectivity index (χ1) is 15.6. The highest BCUT2D eigenvalue weighted by molar-refractivity contribution is 7.98. The van der Waals surface area contributed by atoms with Crippen LogP contribution in [0.3, 0.4) is 0 Å². The topological polar surface area (TPSA) is 29.1 Å². The molecule has 160 valence electrons. The Balaban J connectivity index is 1.46. The third-order valence-electron chi connectivity index (χ3n) is 5.25. The second-order valence-electron chi connectivity index (χ2n) is 7.67. The van der Waals surface area contributed by atoms with E-state index in [1.54, 1.807) is 11.8 Å². The number of nitrogens with one attached hydrogen (secondary N) is 1. The van der Waals surface area contributed by atoms with Crippen molar-refractivity contribution >= 4 is 29.3 Å². The Labute approximate surface area is 198 Å². The van der Waals surface area contributed by atoms with E-state index in [4.69, 9.17) is 11.6 Å². The van der Waals surface area contributed by atoms with Crippen molar-refractivity contribution in [1.29, 1.82) is 0 Å². The van der Waals surface area contributed by atoms with Gasteiger partial charge in [-0.3, -0.25) is 4.79 Å². The van der Waals surface area contributed by atoms with Crippen molar-refractivity contribution in [3.8, 4) is 0 Å². The number of aryl methyl sites for hydroxylation is 1. The van der Waals surface area contributed by atoms with Crippen molar-refractivity contribution in [2.75, 3.05) is 0 Å². The van der Waals surface area contributed by atoms with E-state index in [9.17, 15) is 4.79 Å². The van der Waals surface area contributed by atoms with Crippen molar-refractivity contribution < 1.29 is 4.79 Å². The molecule has 0 fully saturated rings. The monoisotopic (exact) mass is 457 g/mol. The van der Waals surface area contributed by atoms with Gasteiger partial charge in [-0.1, -0.05) is 83.9 Å². The number of amides is 1. The average Bonchev–Trinajstić information content (AvgIpc) is 2.83. The highest BCUT2D eigenvalue weighted by atomic mass is 35.5. The Morgan fingerprint density at radius 3 is 2.09 bits per heavy atom. The minimum Gasteiger partial charge on any atom is -0.341 e. The quantitative estimate of drug-likeness (QED) is 0.292. The summed E-state index contributed by atoms with van der Waals surface area (Å²) in [7, 11) is 0. The number of benzene rings is 4. The lowest BCUT2D eigenvalue weighted by molar-refractivity contribution is 0.0943. The molecule has 0 aliphatic rings. The molecule has 0 aliphatic heterocycles. The molecule has 0 saturated carbocycles. The van der Waals surface area contributed by atoms with E-state index >= 15 is 0 Å². The summed E-state index contributed by atoms with van der Waals surface area (Å²) in [5, 5.41) is 3.95. The molecule has 0 spiro atoms. The predicted octanol–water partition coefficient (Wildman–Crippen LogP) is 7.46. The lowest BCUT2D eigenvalue weighted by atomic mass is 9.97. The molecule has 0 radical (unpaired) electrons. The normalized spacial score (nSPS) is 11.7. The molecule has 1 unspecified atom stereocenters. The first-order valence-corrected chi connectivity index (χ1v) is 11.8. The van der Waals surface area contributed by atoms with Crippen LogP contribution in [0, 0.1) is 6.92 Å². The molecule has 4 aromatic carbocycles. The molecule has 4 heteroatoms. The molecule has 2 nitrogen and oxygen atoms in total. The van der Waals surface area contributed by atoms with Gasteiger partial charge in [0.1, 0.15) is 0 Å². The molecule has 0 heterocycles. The van der Waals surface area contributed by atoms with Crippen molar-refractivity contribution in [1.82, 2.24) is 5.32 Å². The van der Waals surface area contributed by atoms with Gasteiger partial charge in [0.25, 0.3) is 5.91 Å². The number of hydrogen-bond donors (Lipinski definition) is 1. The molecule has 4 rings (SSSR count). The number of rotatable bonds is 7. The van der Waals surface area contributed by atoms with Gasteiger partial charge in [0.2, 0.25) is 0 Å². The third kappa shape index (κ3) is 5.82. The molecule has 32 heavy (non-hydrogen) atoms. The standard InChI is InChI=1S/C28H24ClNOS/c1-20-7-11-23(12-8-20)27(22-5-3-2-4-6-22)30-28(31)24-13-9-21(10-14-24)19-32-26-17-15-25(29)16-18-26/h2-18,27H,19H2,1H3,(H,30,31). The molecule has 0 bridgehead atoms. The zero-order valence-electron chi connectivity index (χ0n) is 17.8. The van der Waals surface area contributed by atoms with Gasteiger partial charge in [-0.05, 0) is 60.0 Å². The smallest absolute Gasteiger partial charge is 0.252 e. The Hall–Kier alpha value is -3.01. The first kappa shape index (κ1) is 22.2. The summed E-state index contributed by atoms with van der Waals surface area (Å²) >= 11 is 7.69. The number of carbonyl (C=O) groups excluding carboxylic acids is 1. The van der Waals surface area contributed by atoms with Gasteiger partial charge >= 0.3 is 0 Å². The summed E-state index contributed by atoms with van der Waals surface area (Å²) in [5.41, 5.74) is 5.13. The van der Waals surface area contributed by atoms with Crippen LogP contribution in [-0.2, 0) is 5.75 Å². The van der Waals surface area contributed by atoms with Crippen LogP contribution in [-0.4, -0.2) is 5.91 Å². The molecular formula is C28H24ClNOS. The Morgan fingerprint density at radius 1 is 0.812 bits per heavy atom. The summed E-state index contributed by atoms with van der Waals surface area (Å²) in [6.07, 6.45) is 0. The van der Waals surface area contributed by atoms with Crippen molar-refractivity contribution in [3.63, 3.8) is 0 Å². The highest BCUT2D eigenvalue weighted by Crippen LogP contribution is 2.25. The maximum absolute atomic E-state index is 13.1. The SMILES string of the molecule is Cc1ccc(C(NC(=O)c2ccc(CSc3ccc(Cl)cc3)cc2)c2ccccc2)cc1. The van der Waals surface area contributed by atoms with Crippen molar-refractivity contribution in [3.05, 3.63) is 136 Å². The number of halogens is 1. The van der Waals surface area contributed by atoms with Crippen LogP contribution in [0.5, 0.6) is 0 Å². The van der Waals surface area contributed by atoms with Gasteiger partial charge in [0.05, 0.1) is 6.04 Å². The second kappa shape index (κ2) is 10.5. The van der Waals surface area contributed by atoms with Crippen LogP contribution in [0.25, 0.3) is 0 Å². The zero-order chi connectivity index (χ0) is 22.3. The van der Waals surface area contributed by atoms with E-state index in [2.05, 4.69) is 36.5 Å². The van der Waals surface area contributed by atoms with Crippen LogP contribution in [0.1, 0.15) is 38.7 Å². The van der Waals surface area contributed by atoms with Gasteiger partial charge in [-0.25, -0.2) is 0 Å². The molecule has 0 saturated heterocycles. The Bertz CT molecular complexity index is 1160. The Kier molecular flexibility index (Phi) is 7.31. The van der Waals surface area contributed by atoms with Gasteiger partial charge in [0, 0.05) is 21.2 Å². The number of hydrogen-bond acceptors (Lipinski definition) is 2. The van der Waals surface area contributed by atoms with Crippen LogP contribution >= 0.6 is 23.4 Å². The average molecular weight is 458 g/mol. The highest BCUT2D eigenvalue weighted by Gasteiger charge is 2.17. The minimum absolute atomic E-state index is 0.0867. The molecule has 0 aliphatic carbocycles.